The van der Waals surface area contributed by atoms with Gasteiger partial charge in [-0.05, 0) is 41.5 Å². The summed E-state index contributed by atoms with van der Waals surface area (Å²) in [6, 6.07) is 32.9. The van der Waals surface area contributed by atoms with Gasteiger partial charge in [-0.25, -0.2) is 0 Å². The number of fused-ring (bicyclic) bond motifs is 1. The summed E-state index contributed by atoms with van der Waals surface area (Å²) in [5, 5.41) is 8.26. The van der Waals surface area contributed by atoms with E-state index in [1.165, 1.54) is 0 Å². The lowest BCUT2D eigenvalue weighted by molar-refractivity contribution is 0.0730. The summed E-state index contributed by atoms with van der Waals surface area (Å²) in [5.41, 5.74) is 6.04. The van der Waals surface area contributed by atoms with E-state index in [0.29, 0.717) is 23.9 Å². The zero-order valence-corrected chi connectivity index (χ0v) is 22.1. The fourth-order valence-corrected chi connectivity index (χ4v) is 5.16. The molecule has 1 N–H and O–H groups in total. The highest BCUT2D eigenvalue weighted by Gasteiger charge is 2.42. The van der Waals surface area contributed by atoms with Crippen molar-refractivity contribution in [3.63, 3.8) is 0 Å². The highest BCUT2D eigenvalue weighted by atomic mass is 35.5. The number of H-pyrrole nitrogens is 1. The van der Waals surface area contributed by atoms with Crippen molar-refractivity contribution in [2.75, 3.05) is 7.11 Å². The van der Waals surface area contributed by atoms with Gasteiger partial charge in [0.05, 0.1) is 18.8 Å². The summed E-state index contributed by atoms with van der Waals surface area (Å²) in [5.74, 6) is 1.41. The zero-order chi connectivity index (χ0) is 26.8. The number of carbonyl (C=O) groups excluding carboxylic acids is 1. The van der Waals surface area contributed by atoms with E-state index >= 15 is 0 Å². The van der Waals surface area contributed by atoms with Crippen molar-refractivity contribution < 1.29 is 14.3 Å². The van der Waals surface area contributed by atoms with E-state index < -0.39 is 0 Å². The molecule has 0 radical (unpaired) electrons. The first-order valence-electron chi connectivity index (χ1n) is 12.7. The smallest absolute Gasteiger partial charge is 0.273 e. The van der Waals surface area contributed by atoms with Gasteiger partial charge >= 0.3 is 0 Å². The number of nitrogens with zero attached hydrogens (tertiary/aromatic N) is 2. The van der Waals surface area contributed by atoms with Crippen molar-refractivity contribution in [2.45, 2.75) is 19.2 Å². The van der Waals surface area contributed by atoms with Crippen molar-refractivity contribution in [1.82, 2.24) is 15.1 Å². The Morgan fingerprint density at radius 1 is 0.872 bits per heavy atom. The van der Waals surface area contributed by atoms with Gasteiger partial charge in [0, 0.05) is 28.3 Å². The van der Waals surface area contributed by atoms with E-state index in [-0.39, 0.29) is 11.9 Å². The molecule has 194 valence electrons. The molecule has 1 aliphatic rings. The third-order valence-electron chi connectivity index (χ3n) is 6.97. The van der Waals surface area contributed by atoms with Crippen LogP contribution in [-0.4, -0.2) is 28.1 Å². The number of rotatable bonds is 8. The summed E-state index contributed by atoms with van der Waals surface area (Å²) in [4.78, 5) is 15.6. The molecule has 0 saturated heterocycles. The number of aromatic nitrogens is 2. The van der Waals surface area contributed by atoms with Crippen LogP contribution in [0.4, 0.5) is 0 Å². The second-order valence-corrected chi connectivity index (χ2v) is 9.77. The molecule has 1 amide bonds. The van der Waals surface area contributed by atoms with Crippen LogP contribution >= 0.6 is 11.6 Å². The Hall–Kier alpha value is -4.55. The van der Waals surface area contributed by atoms with E-state index in [4.69, 9.17) is 21.1 Å². The molecular formula is C32H26ClN3O3. The summed E-state index contributed by atoms with van der Waals surface area (Å²) >= 11 is 6.28. The summed E-state index contributed by atoms with van der Waals surface area (Å²) in [6.07, 6.45) is 0. The molecule has 6 rings (SSSR count). The van der Waals surface area contributed by atoms with E-state index in [0.717, 1.165) is 45.0 Å². The molecule has 4 aromatic carbocycles. The first kappa shape index (κ1) is 24.8. The van der Waals surface area contributed by atoms with E-state index in [1.54, 1.807) is 7.11 Å². The predicted molar refractivity (Wildman–Crippen MR) is 151 cm³/mol. The fourth-order valence-electron chi connectivity index (χ4n) is 4.97. The minimum absolute atomic E-state index is 0.0838. The number of amides is 1. The largest absolute Gasteiger partial charge is 0.497 e. The lowest BCUT2D eigenvalue weighted by Gasteiger charge is -2.27. The maximum Gasteiger partial charge on any atom is 0.273 e. The molecule has 39 heavy (non-hydrogen) atoms. The van der Waals surface area contributed by atoms with Crippen LogP contribution in [0.15, 0.2) is 103 Å². The van der Waals surface area contributed by atoms with Crippen LogP contribution in [0.1, 0.15) is 38.8 Å². The van der Waals surface area contributed by atoms with Crippen molar-refractivity contribution >= 4 is 17.5 Å². The maximum atomic E-state index is 13.7. The van der Waals surface area contributed by atoms with Crippen LogP contribution in [0.25, 0.3) is 11.3 Å². The number of benzene rings is 4. The van der Waals surface area contributed by atoms with Crippen molar-refractivity contribution in [3.8, 4) is 22.8 Å². The van der Waals surface area contributed by atoms with Gasteiger partial charge in [-0.15, -0.1) is 0 Å². The molecule has 0 saturated carbocycles. The minimum atomic E-state index is -0.318. The molecule has 1 aromatic heterocycles. The standard InChI is InChI=1S/C32H26ClN3O3/c1-38-25-15-11-21(12-16-25)19-36-31(28-29(22-7-3-2-4-8-22)34-35-30(28)32(36)37)23-13-17-26(18-14-23)39-20-24-9-5-6-10-27(24)33/h2-18,31H,19-20H2,1H3,(H,34,35). The molecule has 6 nitrogen and oxygen atoms in total. The van der Waals surface area contributed by atoms with E-state index in [1.807, 2.05) is 108 Å². The van der Waals surface area contributed by atoms with Gasteiger partial charge in [-0.2, -0.15) is 5.10 Å². The topological polar surface area (TPSA) is 67.5 Å². The number of methoxy groups -OCH3 is 1. The Bertz CT molecular complexity index is 1600. The SMILES string of the molecule is COc1ccc(CN2C(=O)c3[nH]nc(-c4ccccc4)c3C2c2ccc(OCc3ccccc3Cl)cc2)cc1. The van der Waals surface area contributed by atoms with Gasteiger partial charge in [0.25, 0.3) is 5.91 Å². The lowest BCUT2D eigenvalue weighted by atomic mass is 9.96. The maximum absolute atomic E-state index is 13.7. The fraction of sp³-hybridized carbons (Fsp3) is 0.125. The molecule has 0 spiro atoms. The molecule has 1 unspecified atom stereocenters. The predicted octanol–water partition coefficient (Wildman–Crippen LogP) is 7.06. The Balaban J connectivity index is 1.34. The van der Waals surface area contributed by atoms with Crippen molar-refractivity contribution in [1.29, 1.82) is 0 Å². The van der Waals surface area contributed by atoms with Crippen LogP contribution in [0, 0.1) is 0 Å². The Kier molecular flexibility index (Phi) is 6.78. The average Bonchev–Trinajstić information content (AvgIpc) is 3.53. The van der Waals surface area contributed by atoms with Gasteiger partial charge in [0.1, 0.15) is 23.8 Å². The van der Waals surface area contributed by atoms with Crippen molar-refractivity contribution in [3.05, 3.63) is 136 Å². The zero-order valence-electron chi connectivity index (χ0n) is 21.3. The Morgan fingerprint density at radius 2 is 1.56 bits per heavy atom. The van der Waals surface area contributed by atoms with Crippen molar-refractivity contribution in [2.24, 2.45) is 0 Å². The second-order valence-electron chi connectivity index (χ2n) is 9.36. The number of halogens is 1. The first-order valence-corrected chi connectivity index (χ1v) is 13.0. The quantitative estimate of drug-likeness (QED) is 0.231. The number of hydrogen-bond donors (Lipinski definition) is 1. The molecule has 2 heterocycles. The molecule has 0 bridgehead atoms. The monoisotopic (exact) mass is 535 g/mol. The molecule has 0 fully saturated rings. The minimum Gasteiger partial charge on any atom is -0.497 e. The molecule has 0 aliphatic carbocycles. The van der Waals surface area contributed by atoms with Crippen LogP contribution in [0.5, 0.6) is 11.5 Å². The van der Waals surface area contributed by atoms with Gasteiger partial charge < -0.3 is 14.4 Å². The number of carbonyl (C=O) groups is 1. The average molecular weight is 536 g/mol. The molecule has 1 aliphatic heterocycles. The number of ether oxygens (including phenoxy) is 2. The van der Waals surface area contributed by atoms with Gasteiger partial charge in [-0.1, -0.05) is 84.4 Å². The van der Waals surface area contributed by atoms with Crippen LogP contribution in [-0.2, 0) is 13.2 Å². The normalized spacial score (nSPS) is 14.4. The van der Waals surface area contributed by atoms with Gasteiger partial charge in [0.15, 0.2) is 0 Å². The van der Waals surface area contributed by atoms with Crippen LogP contribution < -0.4 is 9.47 Å². The number of aromatic amines is 1. The third kappa shape index (κ3) is 4.87. The first-order chi connectivity index (χ1) is 19.1. The number of nitrogens with one attached hydrogen (secondary N) is 1. The molecular weight excluding hydrogens is 510 g/mol. The Labute approximate surface area is 231 Å². The highest BCUT2D eigenvalue weighted by Crippen LogP contribution is 2.43. The summed E-state index contributed by atoms with van der Waals surface area (Å²) in [7, 11) is 1.64. The lowest BCUT2D eigenvalue weighted by Crippen LogP contribution is -2.29. The second kappa shape index (κ2) is 10.7. The van der Waals surface area contributed by atoms with Gasteiger partial charge in [-0.3, -0.25) is 9.89 Å². The van der Waals surface area contributed by atoms with E-state index in [2.05, 4.69) is 10.2 Å². The number of hydrogen-bond acceptors (Lipinski definition) is 4. The summed E-state index contributed by atoms with van der Waals surface area (Å²) in [6.45, 7) is 0.809. The Morgan fingerprint density at radius 3 is 2.28 bits per heavy atom. The third-order valence-corrected chi connectivity index (χ3v) is 7.34. The van der Waals surface area contributed by atoms with Crippen LogP contribution in [0.3, 0.4) is 0 Å². The van der Waals surface area contributed by atoms with Crippen LogP contribution in [0.2, 0.25) is 5.02 Å². The highest BCUT2D eigenvalue weighted by molar-refractivity contribution is 6.31. The molecule has 1 atom stereocenters. The molecule has 5 aromatic rings. The van der Waals surface area contributed by atoms with E-state index in [9.17, 15) is 4.79 Å². The summed E-state index contributed by atoms with van der Waals surface area (Å²) < 4.78 is 11.3. The van der Waals surface area contributed by atoms with Gasteiger partial charge in [0.2, 0.25) is 0 Å². The molecule has 7 heteroatoms.